The zero-order valence-corrected chi connectivity index (χ0v) is 15.4. The number of piperazine rings is 1. The molecule has 142 valence electrons. The van der Waals surface area contributed by atoms with Gasteiger partial charge in [-0.3, -0.25) is 9.59 Å². The van der Waals surface area contributed by atoms with Crippen molar-refractivity contribution in [1.29, 1.82) is 0 Å². The van der Waals surface area contributed by atoms with E-state index in [-0.39, 0.29) is 25.3 Å². The van der Waals surface area contributed by atoms with Gasteiger partial charge in [-0.2, -0.15) is 0 Å². The Morgan fingerprint density at radius 2 is 1.96 bits per heavy atom. The summed E-state index contributed by atoms with van der Waals surface area (Å²) in [6.45, 7) is 5.99. The summed E-state index contributed by atoms with van der Waals surface area (Å²) >= 11 is 0. The highest BCUT2D eigenvalue weighted by Crippen LogP contribution is 2.16. The summed E-state index contributed by atoms with van der Waals surface area (Å²) in [6.07, 6.45) is 0.103. The highest BCUT2D eigenvalue weighted by Gasteiger charge is 2.37. The summed E-state index contributed by atoms with van der Waals surface area (Å²) < 4.78 is 5.26. The van der Waals surface area contributed by atoms with Crippen LogP contribution < -0.4 is 5.32 Å². The first-order chi connectivity index (χ1) is 12.2. The molecule has 1 aliphatic heterocycles. The average Bonchev–Trinajstić information content (AvgIpc) is 2.54. The van der Waals surface area contributed by atoms with Crippen LogP contribution in [0.4, 0.5) is 0 Å². The van der Waals surface area contributed by atoms with Gasteiger partial charge in [-0.1, -0.05) is 30.3 Å². The largest absolute Gasteiger partial charge is 0.480 e. The molecular formula is C19H26N2O5. The van der Waals surface area contributed by atoms with Crippen molar-refractivity contribution in [2.75, 3.05) is 13.1 Å². The number of aliphatic carboxylic acids is 1. The summed E-state index contributed by atoms with van der Waals surface area (Å²) in [6, 6.07) is 7.45. The minimum absolute atomic E-state index is 0.121. The molecule has 7 heteroatoms. The maximum Gasteiger partial charge on any atom is 0.326 e. The molecule has 1 aromatic rings. The molecule has 1 heterocycles. The molecule has 1 amide bonds. The molecule has 0 saturated carbocycles. The zero-order chi connectivity index (χ0) is 19.3. The van der Waals surface area contributed by atoms with Gasteiger partial charge in [0.25, 0.3) is 0 Å². The van der Waals surface area contributed by atoms with Crippen LogP contribution in [0.25, 0.3) is 0 Å². The molecule has 7 nitrogen and oxygen atoms in total. The lowest BCUT2D eigenvalue weighted by atomic mass is 10.0. The summed E-state index contributed by atoms with van der Waals surface area (Å²) in [5.74, 6) is -1.93. The minimum atomic E-state index is -1.06. The second-order valence-corrected chi connectivity index (χ2v) is 7.37. The SMILES string of the molecule is CC(C)(C)OC(=O)C[C@@H]1NCCN([C@@H](Cc2ccccc2)C(=O)O)C1=O. The van der Waals surface area contributed by atoms with Gasteiger partial charge in [-0.15, -0.1) is 0 Å². The van der Waals surface area contributed by atoms with Gasteiger partial charge in [0.15, 0.2) is 0 Å². The number of esters is 1. The molecule has 1 aliphatic rings. The Kier molecular flexibility index (Phi) is 6.37. The number of carbonyl (C=O) groups is 3. The number of nitrogens with zero attached hydrogens (tertiary/aromatic N) is 1. The summed E-state index contributed by atoms with van der Waals surface area (Å²) in [5.41, 5.74) is 0.209. The quantitative estimate of drug-likeness (QED) is 0.739. The smallest absolute Gasteiger partial charge is 0.326 e. The van der Waals surface area contributed by atoms with Gasteiger partial charge >= 0.3 is 11.9 Å². The second kappa shape index (κ2) is 8.31. The third-order valence-electron chi connectivity index (χ3n) is 4.05. The summed E-state index contributed by atoms with van der Waals surface area (Å²) in [5, 5.41) is 12.6. The molecule has 1 aromatic carbocycles. The number of carbonyl (C=O) groups excluding carboxylic acids is 2. The van der Waals surface area contributed by atoms with Gasteiger partial charge in [0.05, 0.1) is 12.5 Å². The van der Waals surface area contributed by atoms with E-state index in [4.69, 9.17) is 4.74 Å². The molecule has 26 heavy (non-hydrogen) atoms. The van der Waals surface area contributed by atoms with Crippen LogP contribution in [-0.2, 0) is 25.5 Å². The average molecular weight is 362 g/mol. The molecule has 2 atom stereocenters. The van der Waals surface area contributed by atoms with E-state index in [9.17, 15) is 19.5 Å². The Bertz CT molecular complexity index is 654. The highest BCUT2D eigenvalue weighted by atomic mass is 16.6. The molecule has 0 unspecified atom stereocenters. The Morgan fingerprint density at radius 1 is 1.31 bits per heavy atom. The van der Waals surface area contributed by atoms with Crippen LogP contribution in [0.15, 0.2) is 30.3 Å². The van der Waals surface area contributed by atoms with Crippen LogP contribution in [0.1, 0.15) is 32.8 Å². The predicted molar refractivity (Wildman–Crippen MR) is 95.5 cm³/mol. The lowest BCUT2D eigenvalue weighted by Gasteiger charge is -2.36. The normalized spacial score (nSPS) is 19.1. The van der Waals surface area contributed by atoms with E-state index < -0.39 is 29.6 Å². The lowest BCUT2D eigenvalue weighted by Crippen LogP contribution is -2.60. The third kappa shape index (κ3) is 5.56. The van der Waals surface area contributed by atoms with E-state index in [1.165, 1.54) is 4.90 Å². The molecule has 1 saturated heterocycles. The molecule has 0 bridgehead atoms. The van der Waals surface area contributed by atoms with Gasteiger partial charge < -0.3 is 20.1 Å². The Hall–Kier alpha value is -2.41. The van der Waals surface area contributed by atoms with E-state index in [1.54, 1.807) is 20.8 Å². The number of hydrogen-bond acceptors (Lipinski definition) is 5. The second-order valence-electron chi connectivity index (χ2n) is 7.37. The van der Waals surface area contributed by atoms with E-state index >= 15 is 0 Å². The first-order valence-electron chi connectivity index (χ1n) is 8.70. The fraction of sp³-hybridized carbons (Fsp3) is 0.526. The van der Waals surface area contributed by atoms with Gasteiger partial charge in [0, 0.05) is 19.5 Å². The number of amides is 1. The Labute approximate surface area is 153 Å². The number of benzene rings is 1. The Balaban J connectivity index is 2.08. The van der Waals surface area contributed by atoms with E-state index in [0.717, 1.165) is 5.56 Å². The monoisotopic (exact) mass is 362 g/mol. The lowest BCUT2D eigenvalue weighted by molar-refractivity contribution is -0.159. The van der Waals surface area contributed by atoms with Gasteiger partial charge in [-0.25, -0.2) is 4.79 Å². The van der Waals surface area contributed by atoms with Gasteiger partial charge in [0.1, 0.15) is 11.6 Å². The van der Waals surface area contributed by atoms with Crippen LogP contribution in [0, 0.1) is 0 Å². The topological polar surface area (TPSA) is 95.9 Å². The predicted octanol–water partition coefficient (Wildman–Crippen LogP) is 1.21. The van der Waals surface area contributed by atoms with Crippen molar-refractivity contribution < 1.29 is 24.2 Å². The van der Waals surface area contributed by atoms with Crippen molar-refractivity contribution in [3.63, 3.8) is 0 Å². The molecule has 2 N–H and O–H groups in total. The first-order valence-corrected chi connectivity index (χ1v) is 8.70. The van der Waals surface area contributed by atoms with E-state index in [2.05, 4.69) is 5.32 Å². The Morgan fingerprint density at radius 3 is 2.54 bits per heavy atom. The molecule has 0 radical (unpaired) electrons. The maximum absolute atomic E-state index is 12.8. The van der Waals surface area contributed by atoms with Crippen molar-refractivity contribution in [3.8, 4) is 0 Å². The van der Waals surface area contributed by atoms with Crippen LogP contribution in [0.3, 0.4) is 0 Å². The first kappa shape index (κ1) is 19.9. The van der Waals surface area contributed by atoms with Crippen molar-refractivity contribution >= 4 is 17.8 Å². The number of rotatable bonds is 6. The van der Waals surface area contributed by atoms with Gasteiger partial charge in [-0.05, 0) is 26.3 Å². The summed E-state index contributed by atoms with van der Waals surface area (Å²) in [4.78, 5) is 37.9. The van der Waals surface area contributed by atoms with E-state index in [0.29, 0.717) is 6.54 Å². The number of carboxylic acids is 1. The van der Waals surface area contributed by atoms with E-state index in [1.807, 2.05) is 30.3 Å². The fourth-order valence-electron chi connectivity index (χ4n) is 2.94. The maximum atomic E-state index is 12.8. The zero-order valence-electron chi connectivity index (χ0n) is 15.4. The number of nitrogens with one attached hydrogen (secondary N) is 1. The van der Waals surface area contributed by atoms with Gasteiger partial charge in [0.2, 0.25) is 5.91 Å². The van der Waals surface area contributed by atoms with Crippen LogP contribution >= 0.6 is 0 Å². The molecule has 2 rings (SSSR count). The number of carboxylic acid groups (broad SMARTS) is 1. The standard InChI is InChI=1S/C19H26N2O5/c1-19(2,3)26-16(22)12-14-17(23)21(10-9-20-14)15(18(24)25)11-13-7-5-4-6-8-13/h4-8,14-15,20H,9-12H2,1-3H3,(H,24,25)/t14-,15-/m0/s1. The molecular weight excluding hydrogens is 336 g/mol. The fourth-order valence-corrected chi connectivity index (χ4v) is 2.94. The van der Waals surface area contributed by atoms with Crippen molar-refractivity contribution in [2.45, 2.75) is 51.3 Å². The summed E-state index contributed by atoms with van der Waals surface area (Å²) in [7, 11) is 0. The number of hydrogen-bond donors (Lipinski definition) is 2. The van der Waals surface area contributed by atoms with Crippen molar-refractivity contribution in [2.24, 2.45) is 0 Å². The van der Waals surface area contributed by atoms with Crippen LogP contribution in [0.5, 0.6) is 0 Å². The minimum Gasteiger partial charge on any atom is -0.480 e. The molecule has 1 fully saturated rings. The van der Waals surface area contributed by atoms with Crippen molar-refractivity contribution in [3.05, 3.63) is 35.9 Å². The van der Waals surface area contributed by atoms with Crippen LogP contribution in [-0.4, -0.2) is 58.6 Å². The molecule has 0 aliphatic carbocycles. The number of ether oxygens (including phenoxy) is 1. The van der Waals surface area contributed by atoms with Crippen LogP contribution in [0.2, 0.25) is 0 Å². The molecule has 0 aromatic heterocycles. The van der Waals surface area contributed by atoms with Crippen molar-refractivity contribution in [1.82, 2.24) is 10.2 Å². The highest BCUT2D eigenvalue weighted by molar-refractivity contribution is 5.90. The third-order valence-corrected chi connectivity index (χ3v) is 4.05. The molecule has 0 spiro atoms.